The molecular formula is C37H30Cl2N2O6. The van der Waals surface area contributed by atoms with Crippen LogP contribution in [0.4, 0.5) is 11.4 Å². The lowest BCUT2D eigenvalue weighted by Crippen LogP contribution is -2.45. The van der Waals surface area contributed by atoms with Crippen LogP contribution in [0.25, 0.3) is 0 Å². The minimum atomic E-state index is -0.741. The highest BCUT2D eigenvalue weighted by Gasteiger charge is 2.62. The summed E-state index contributed by atoms with van der Waals surface area (Å²) in [6.07, 6.45) is 4.61. The highest BCUT2D eigenvalue weighted by atomic mass is 35.5. The number of rotatable bonds is 3. The molecule has 10 heteroatoms. The molecule has 1 N–H and O–H groups in total. The third kappa shape index (κ3) is 4.49. The van der Waals surface area contributed by atoms with Crippen molar-refractivity contribution in [1.82, 2.24) is 0 Å². The van der Waals surface area contributed by atoms with E-state index < -0.39 is 35.5 Å². The third-order valence-corrected chi connectivity index (χ3v) is 11.5. The van der Waals surface area contributed by atoms with Crippen LogP contribution in [0.15, 0.2) is 78.1 Å². The molecule has 8 rings (SSSR count). The van der Waals surface area contributed by atoms with Gasteiger partial charge in [-0.1, -0.05) is 47.0 Å². The monoisotopic (exact) mass is 668 g/mol. The van der Waals surface area contributed by atoms with Crippen LogP contribution in [-0.2, 0) is 25.6 Å². The average molecular weight is 670 g/mol. The van der Waals surface area contributed by atoms with Crippen LogP contribution in [0.5, 0.6) is 11.5 Å². The van der Waals surface area contributed by atoms with E-state index in [9.17, 15) is 24.3 Å². The first-order chi connectivity index (χ1) is 22.5. The maximum Gasteiger partial charge on any atom is 0.238 e. The van der Waals surface area contributed by atoms with Crippen molar-refractivity contribution in [2.24, 2.45) is 35.5 Å². The fraction of sp³-hybridized carbons (Fsp3) is 0.297. The fourth-order valence-electron chi connectivity index (χ4n) is 8.36. The van der Waals surface area contributed by atoms with Gasteiger partial charge in [0.05, 0.1) is 41.3 Å². The molecule has 3 heterocycles. The maximum absolute atomic E-state index is 14.4. The number of phenols is 1. The number of aryl methyl sites for hydroxylation is 2. The molecule has 5 aliphatic rings. The number of fused-ring (bicyclic) bond motifs is 5. The molecule has 8 nitrogen and oxygen atoms in total. The van der Waals surface area contributed by atoms with E-state index in [-0.39, 0.29) is 35.8 Å². The molecule has 47 heavy (non-hydrogen) atoms. The zero-order chi connectivity index (χ0) is 32.9. The molecule has 3 aromatic carbocycles. The predicted molar refractivity (Wildman–Crippen MR) is 176 cm³/mol. The largest absolute Gasteiger partial charge is 0.508 e. The van der Waals surface area contributed by atoms with Crippen LogP contribution in [-0.4, -0.2) is 28.7 Å². The first kappa shape index (κ1) is 30.0. The molecule has 0 radical (unpaired) electrons. The van der Waals surface area contributed by atoms with E-state index >= 15 is 0 Å². The second-order valence-corrected chi connectivity index (χ2v) is 14.0. The topological polar surface area (TPSA) is 104 Å². The standard InChI is InChI=1S/C37H30Cl2N2O6/c1-17-3-5-21(13-28(17)38)40-34(43)25-9-8-24-26(32(25)36(40)45)15-27-33(31(24)20-11-19-12-23(42)7-10-30(19)47-16-20)37(46)41(35(27)44)22-6-4-18(2)29(39)14-22/h3-8,10,12-14,16,25-27,31-33,42H,9,11,15H2,1-2H3/t25-,26+,27+,31-,32-,33+/m0/s1. The van der Waals surface area contributed by atoms with Gasteiger partial charge in [-0.15, -0.1) is 0 Å². The number of hydrogen-bond donors (Lipinski definition) is 1. The zero-order valence-corrected chi connectivity index (χ0v) is 27.1. The van der Waals surface area contributed by atoms with Gasteiger partial charge in [0.25, 0.3) is 0 Å². The van der Waals surface area contributed by atoms with Gasteiger partial charge in [-0.25, -0.2) is 9.80 Å². The van der Waals surface area contributed by atoms with Crippen LogP contribution in [0.3, 0.4) is 0 Å². The van der Waals surface area contributed by atoms with Crippen molar-refractivity contribution in [3.05, 3.63) is 105 Å². The summed E-state index contributed by atoms with van der Waals surface area (Å²) in [5, 5.41) is 11.1. The van der Waals surface area contributed by atoms with Gasteiger partial charge < -0.3 is 9.84 Å². The van der Waals surface area contributed by atoms with Crippen molar-refractivity contribution in [2.45, 2.75) is 33.1 Å². The van der Waals surface area contributed by atoms with E-state index in [1.165, 1.54) is 9.80 Å². The number of allylic oxidation sites excluding steroid dienone is 3. The normalized spacial score (nSPS) is 27.9. The summed E-state index contributed by atoms with van der Waals surface area (Å²) in [6, 6.07) is 15.2. The zero-order valence-electron chi connectivity index (χ0n) is 25.6. The number of amides is 4. The van der Waals surface area contributed by atoms with E-state index in [2.05, 4.69) is 0 Å². The number of phenolic OH excluding ortho intramolecular Hbond substituents is 1. The van der Waals surface area contributed by atoms with Crippen molar-refractivity contribution < 1.29 is 29.0 Å². The number of carbonyl (C=O) groups excluding carboxylic acids is 4. The molecule has 3 aromatic rings. The summed E-state index contributed by atoms with van der Waals surface area (Å²) in [6.45, 7) is 3.70. The van der Waals surface area contributed by atoms with Gasteiger partial charge in [-0.05, 0) is 91.8 Å². The Morgan fingerprint density at radius 3 is 2.00 bits per heavy atom. The summed E-state index contributed by atoms with van der Waals surface area (Å²) in [7, 11) is 0. The first-order valence-corrected chi connectivity index (χ1v) is 16.4. The Morgan fingerprint density at radius 2 is 1.36 bits per heavy atom. The van der Waals surface area contributed by atoms with Crippen LogP contribution in [0.2, 0.25) is 10.0 Å². The number of nitrogens with zero attached hydrogens (tertiary/aromatic N) is 2. The van der Waals surface area contributed by atoms with Gasteiger partial charge >= 0.3 is 0 Å². The van der Waals surface area contributed by atoms with Crippen LogP contribution >= 0.6 is 23.2 Å². The third-order valence-electron chi connectivity index (χ3n) is 10.7. The second kappa shape index (κ2) is 10.8. The lowest BCUT2D eigenvalue weighted by Gasteiger charge is -2.45. The second-order valence-electron chi connectivity index (χ2n) is 13.2. The quantitative estimate of drug-likeness (QED) is 0.246. The lowest BCUT2D eigenvalue weighted by molar-refractivity contribution is -0.126. The molecule has 0 aromatic heterocycles. The Morgan fingerprint density at radius 1 is 0.745 bits per heavy atom. The lowest BCUT2D eigenvalue weighted by atomic mass is 9.56. The highest BCUT2D eigenvalue weighted by molar-refractivity contribution is 6.33. The molecule has 2 aliphatic carbocycles. The molecule has 4 amide bonds. The molecule has 3 aliphatic heterocycles. The number of ether oxygens (including phenoxy) is 1. The molecule has 1 saturated carbocycles. The number of hydrogen-bond acceptors (Lipinski definition) is 6. The number of benzene rings is 3. The number of anilines is 2. The van der Waals surface area contributed by atoms with Gasteiger partial charge in [0.15, 0.2) is 0 Å². The fourth-order valence-corrected chi connectivity index (χ4v) is 8.71. The molecule has 3 fully saturated rings. The molecule has 238 valence electrons. The maximum atomic E-state index is 14.4. The van der Waals surface area contributed by atoms with E-state index in [1.807, 2.05) is 19.9 Å². The Hall–Kier alpha value is -4.40. The average Bonchev–Trinajstić information content (AvgIpc) is 3.46. The van der Waals surface area contributed by atoms with Crippen molar-refractivity contribution in [3.8, 4) is 11.5 Å². The molecule has 0 bridgehead atoms. The van der Waals surface area contributed by atoms with Crippen LogP contribution < -0.4 is 14.5 Å². The Labute approximate surface area is 281 Å². The number of halogens is 2. The molecule has 2 saturated heterocycles. The minimum Gasteiger partial charge on any atom is -0.508 e. The highest BCUT2D eigenvalue weighted by Crippen LogP contribution is 2.58. The number of imide groups is 2. The van der Waals surface area contributed by atoms with E-state index in [1.54, 1.807) is 60.9 Å². The number of carbonyl (C=O) groups is 4. The van der Waals surface area contributed by atoms with Crippen LogP contribution in [0.1, 0.15) is 29.5 Å². The van der Waals surface area contributed by atoms with E-state index in [0.29, 0.717) is 40.0 Å². The Kier molecular flexibility index (Phi) is 6.90. The van der Waals surface area contributed by atoms with E-state index in [0.717, 1.165) is 27.8 Å². The van der Waals surface area contributed by atoms with Gasteiger partial charge in [-0.2, -0.15) is 0 Å². The van der Waals surface area contributed by atoms with Gasteiger partial charge in [0.1, 0.15) is 11.5 Å². The summed E-state index contributed by atoms with van der Waals surface area (Å²) in [4.78, 5) is 59.3. The SMILES string of the molecule is Cc1ccc(N2C(=O)[C@H]3[C@H](CC=C4[C@H](C5=COc6ccc(O)cc6C5)[C@@H]5C(=O)N(c6ccc(C)c(Cl)c6)C(=O)[C@@H]5C[C@H]43)C2=O)cc1Cl. The van der Waals surface area contributed by atoms with Crippen molar-refractivity contribution in [2.75, 3.05) is 9.80 Å². The molecule has 0 spiro atoms. The van der Waals surface area contributed by atoms with Crippen LogP contribution in [0, 0.1) is 49.4 Å². The number of aromatic hydroxyl groups is 1. The van der Waals surface area contributed by atoms with Gasteiger partial charge in [-0.3, -0.25) is 19.2 Å². The van der Waals surface area contributed by atoms with Gasteiger partial charge in [0, 0.05) is 27.9 Å². The summed E-state index contributed by atoms with van der Waals surface area (Å²) in [5.74, 6) is -4.37. The Balaban J connectivity index is 1.22. The molecule has 6 atom stereocenters. The predicted octanol–water partition coefficient (Wildman–Crippen LogP) is 6.71. The molecular weight excluding hydrogens is 639 g/mol. The minimum absolute atomic E-state index is 0.0913. The Bertz CT molecular complexity index is 2000. The molecule has 0 unspecified atom stereocenters. The van der Waals surface area contributed by atoms with Crippen molar-refractivity contribution in [3.63, 3.8) is 0 Å². The summed E-state index contributed by atoms with van der Waals surface area (Å²) >= 11 is 12.8. The smallest absolute Gasteiger partial charge is 0.238 e. The van der Waals surface area contributed by atoms with E-state index in [4.69, 9.17) is 27.9 Å². The van der Waals surface area contributed by atoms with Crippen molar-refractivity contribution >= 4 is 58.2 Å². The van der Waals surface area contributed by atoms with Crippen molar-refractivity contribution in [1.29, 1.82) is 0 Å². The van der Waals surface area contributed by atoms with Gasteiger partial charge in [0.2, 0.25) is 23.6 Å². The summed E-state index contributed by atoms with van der Waals surface area (Å²) < 4.78 is 6.03. The first-order valence-electron chi connectivity index (χ1n) is 15.7. The summed E-state index contributed by atoms with van der Waals surface area (Å²) in [5.41, 5.74) is 4.88.